The van der Waals surface area contributed by atoms with Crippen LogP contribution >= 0.6 is 0 Å². The molecule has 0 radical (unpaired) electrons. The van der Waals surface area contributed by atoms with Crippen LogP contribution in [0.15, 0.2) is 49.6 Å². The fraction of sp³-hybridized carbons (Fsp3) is 0.200. The highest BCUT2D eigenvalue weighted by Gasteiger charge is 2.11. The van der Waals surface area contributed by atoms with Crippen molar-refractivity contribution >= 4 is 0 Å². The minimum atomic E-state index is 0.325. The molecule has 0 amide bonds. The van der Waals surface area contributed by atoms with Gasteiger partial charge in [0.15, 0.2) is 0 Å². The van der Waals surface area contributed by atoms with Crippen molar-refractivity contribution < 1.29 is 10.2 Å². The van der Waals surface area contributed by atoms with Crippen molar-refractivity contribution in [3.8, 4) is 22.6 Å². The minimum absolute atomic E-state index is 0.325. The SMILES string of the molecule is C=CCc1cc(-c2cc(C)c(O)c(CC=C)c2)cc(C)c1O. The molecular formula is C20H22O2. The molecule has 2 aromatic carbocycles. The van der Waals surface area contributed by atoms with Crippen LogP contribution in [0.2, 0.25) is 0 Å². The molecule has 0 aliphatic heterocycles. The van der Waals surface area contributed by atoms with Gasteiger partial charge in [-0.2, -0.15) is 0 Å². The molecule has 2 heteroatoms. The smallest absolute Gasteiger partial charge is 0.122 e. The fourth-order valence-corrected chi connectivity index (χ4v) is 2.66. The van der Waals surface area contributed by atoms with E-state index in [9.17, 15) is 10.2 Å². The van der Waals surface area contributed by atoms with Gasteiger partial charge in [-0.3, -0.25) is 0 Å². The molecule has 2 rings (SSSR count). The lowest BCUT2D eigenvalue weighted by atomic mass is 9.94. The third-order valence-corrected chi connectivity index (χ3v) is 3.82. The van der Waals surface area contributed by atoms with E-state index >= 15 is 0 Å². The van der Waals surface area contributed by atoms with Crippen molar-refractivity contribution in [2.75, 3.05) is 0 Å². The summed E-state index contributed by atoms with van der Waals surface area (Å²) in [6, 6.07) is 7.89. The predicted octanol–water partition coefficient (Wildman–Crippen LogP) is 4.84. The Kier molecular flexibility index (Phi) is 4.71. The Morgan fingerprint density at radius 1 is 0.773 bits per heavy atom. The largest absolute Gasteiger partial charge is 0.507 e. The quantitative estimate of drug-likeness (QED) is 0.775. The van der Waals surface area contributed by atoms with Gasteiger partial charge in [0.25, 0.3) is 0 Å². The first-order valence-corrected chi connectivity index (χ1v) is 7.35. The Morgan fingerprint density at radius 2 is 1.14 bits per heavy atom. The van der Waals surface area contributed by atoms with Gasteiger partial charge in [-0.05, 0) is 84.3 Å². The first kappa shape index (κ1) is 15.9. The summed E-state index contributed by atoms with van der Waals surface area (Å²) >= 11 is 0. The highest BCUT2D eigenvalue weighted by Crippen LogP contribution is 2.34. The van der Waals surface area contributed by atoms with E-state index in [0.29, 0.717) is 24.3 Å². The second kappa shape index (κ2) is 6.52. The Hall–Kier alpha value is -2.48. The van der Waals surface area contributed by atoms with Crippen LogP contribution in [0.25, 0.3) is 11.1 Å². The summed E-state index contributed by atoms with van der Waals surface area (Å²) in [5.41, 5.74) is 5.46. The molecule has 0 saturated carbocycles. The lowest BCUT2D eigenvalue weighted by Crippen LogP contribution is -1.92. The molecular weight excluding hydrogens is 272 g/mol. The number of phenols is 2. The minimum Gasteiger partial charge on any atom is -0.507 e. The maximum absolute atomic E-state index is 10.1. The standard InChI is InChI=1S/C20H22O2/c1-5-7-15-11-17(9-13(3)19(15)21)18-10-14(4)20(22)16(12-18)8-6-2/h5-6,9-12,21-22H,1-2,7-8H2,3-4H3. The van der Waals surface area contributed by atoms with Crippen molar-refractivity contribution in [2.24, 2.45) is 0 Å². The molecule has 2 aromatic rings. The lowest BCUT2D eigenvalue weighted by molar-refractivity contribution is 0.465. The maximum atomic E-state index is 10.1. The molecule has 0 saturated heterocycles. The third-order valence-electron chi connectivity index (χ3n) is 3.82. The lowest BCUT2D eigenvalue weighted by Gasteiger charge is -2.13. The van der Waals surface area contributed by atoms with Gasteiger partial charge >= 0.3 is 0 Å². The van der Waals surface area contributed by atoms with Gasteiger partial charge in [-0.25, -0.2) is 0 Å². The van der Waals surface area contributed by atoms with Crippen LogP contribution < -0.4 is 0 Å². The van der Waals surface area contributed by atoms with Gasteiger partial charge in [0, 0.05) is 0 Å². The zero-order valence-corrected chi connectivity index (χ0v) is 13.2. The van der Waals surface area contributed by atoms with Crippen molar-refractivity contribution in [3.63, 3.8) is 0 Å². The number of hydrogen-bond acceptors (Lipinski definition) is 2. The maximum Gasteiger partial charge on any atom is 0.122 e. The summed E-state index contributed by atoms with van der Waals surface area (Å²) in [6.07, 6.45) is 4.81. The summed E-state index contributed by atoms with van der Waals surface area (Å²) in [5, 5.41) is 20.3. The van der Waals surface area contributed by atoms with Crippen molar-refractivity contribution in [1.82, 2.24) is 0 Å². The zero-order valence-electron chi connectivity index (χ0n) is 13.2. The van der Waals surface area contributed by atoms with Gasteiger partial charge in [0.2, 0.25) is 0 Å². The van der Waals surface area contributed by atoms with Crippen LogP contribution in [0.1, 0.15) is 22.3 Å². The first-order chi connectivity index (χ1) is 10.5. The molecule has 0 aliphatic carbocycles. The van der Waals surface area contributed by atoms with Gasteiger partial charge in [0.1, 0.15) is 11.5 Å². The molecule has 0 fully saturated rings. The molecule has 0 unspecified atom stereocenters. The summed E-state index contributed by atoms with van der Waals surface area (Å²) < 4.78 is 0. The summed E-state index contributed by atoms with van der Waals surface area (Å²) in [6.45, 7) is 11.3. The summed E-state index contributed by atoms with van der Waals surface area (Å²) in [7, 11) is 0. The highest BCUT2D eigenvalue weighted by molar-refractivity contribution is 5.70. The average Bonchev–Trinajstić information content (AvgIpc) is 2.48. The van der Waals surface area contributed by atoms with Gasteiger partial charge in [-0.15, -0.1) is 13.2 Å². The molecule has 2 nitrogen and oxygen atoms in total. The number of benzene rings is 2. The van der Waals surface area contributed by atoms with Crippen LogP contribution in [0, 0.1) is 13.8 Å². The van der Waals surface area contributed by atoms with Crippen molar-refractivity contribution in [1.29, 1.82) is 0 Å². The monoisotopic (exact) mass is 294 g/mol. The Balaban J connectivity index is 2.61. The number of rotatable bonds is 5. The van der Waals surface area contributed by atoms with Crippen molar-refractivity contribution in [3.05, 3.63) is 71.8 Å². The van der Waals surface area contributed by atoms with Crippen LogP contribution in [0.4, 0.5) is 0 Å². The van der Waals surface area contributed by atoms with Crippen LogP contribution in [-0.2, 0) is 12.8 Å². The molecule has 114 valence electrons. The third kappa shape index (κ3) is 3.06. The number of aromatic hydroxyl groups is 2. The van der Waals surface area contributed by atoms with E-state index in [1.54, 1.807) is 12.2 Å². The normalized spacial score (nSPS) is 10.5. The van der Waals surface area contributed by atoms with Gasteiger partial charge in [-0.1, -0.05) is 12.2 Å². The second-order valence-corrected chi connectivity index (χ2v) is 5.59. The van der Waals surface area contributed by atoms with E-state index < -0.39 is 0 Å². The summed E-state index contributed by atoms with van der Waals surface area (Å²) in [4.78, 5) is 0. The van der Waals surface area contributed by atoms with Gasteiger partial charge in [0.05, 0.1) is 0 Å². The number of allylic oxidation sites excluding steroid dienone is 2. The topological polar surface area (TPSA) is 40.5 Å². The highest BCUT2D eigenvalue weighted by atomic mass is 16.3. The predicted molar refractivity (Wildman–Crippen MR) is 92.5 cm³/mol. The van der Waals surface area contributed by atoms with E-state index in [1.165, 1.54) is 0 Å². The number of phenolic OH excluding ortho intramolecular Hbond substituents is 2. The molecule has 0 aromatic heterocycles. The molecule has 0 aliphatic rings. The van der Waals surface area contributed by atoms with Gasteiger partial charge < -0.3 is 10.2 Å². The van der Waals surface area contributed by atoms with E-state index in [-0.39, 0.29) is 0 Å². The average molecular weight is 294 g/mol. The number of hydrogen-bond donors (Lipinski definition) is 2. The molecule has 0 heterocycles. The van der Waals surface area contributed by atoms with Crippen LogP contribution in [0.3, 0.4) is 0 Å². The van der Waals surface area contributed by atoms with Crippen LogP contribution in [0.5, 0.6) is 11.5 Å². The Morgan fingerprint density at radius 3 is 1.45 bits per heavy atom. The molecule has 0 spiro atoms. The van der Waals surface area contributed by atoms with Crippen molar-refractivity contribution in [2.45, 2.75) is 26.7 Å². The van der Waals surface area contributed by atoms with Crippen LogP contribution in [-0.4, -0.2) is 10.2 Å². The van der Waals surface area contributed by atoms with E-state index in [0.717, 1.165) is 33.4 Å². The summed E-state index contributed by atoms with van der Waals surface area (Å²) in [5.74, 6) is 0.649. The Bertz CT molecular complexity index is 663. The molecule has 0 atom stereocenters. The van der Waals surface area contributed by atoms with E-state index in [4.69, 9.17) is 0 Å². The van der Waals surface area contributed by atoms with E-state index in [2.05, 4.69) is 13.2 Å². The van der Waals surface area contributed by atoms with E-state index in [1.807, 2.05) is 38.1 Å². The first-order valence-electron chi connectivity index (χ1n) is 7.35. The zero-order chi connectivity index (χ0) is 16.3. The second-order valence-electron chi connectivity index (χ2n) is 5.59. The fourth-order valence-electron chi connectivity index (χ4n) is 2.66. The number of aryl methyl sites for hydroxylation is 2. The molecule has 22 heavy (non-hydrogen) atoms. The Labute approximate surface area is 132 Å². The molecule has 0 bridgehead atoms. The molecule has 2 N–H and O–H groups in total.